The lowest BCUT2D eigenvalue weighted by Gasteiger charge is -2.09. The summed E-state index contributed by atoms with van der Waals surface area (Å²) in [7, 11) is 0. The van der Waals surface area contributed by atoms with Crippen molar-refractivity contribution in [3.05, 3.63) is 121 Å². The summed E-state index contributed by atoms with van der Waals surface area (Å²) >= 11 is 0. The Morgan fingerprint density at radius 2 is 1.06 bits per heavy atom. The molecule has 8 rings (SSSR count). The van der Waals surface area contributed by atoms with E-state index in [-0.39, 0.29) is 0 Å². The van der Waals surface area contributed by atoms with Gasteiger partial charge in [0.1, 0.15) is 0 Å². The van der Waals surface area contributed by atoms with Gasteiger partial charge >= 0.3 is 0 Å². The smallest absolute Gasteiger partial charge is 0.220 e. The lowest BCUT2D eigenvalue weighted by atomic mass is 10.2. The van der Waals surface area contributed by atoms with E-state index in [4.69, 9.17) is 4.98 Å². The molecule has 5 aromatic carbocycles. The number of benzene rings is 5. The fraction of sp³-hybridized carbons (Fsp3) is 0. The van der Waals surface area contributed by atoms with Crippen LogP contribution in [0.3, 0.4) is 0 Å². The Labute approximate surface area is 200 Å². The van der Waals surface area contributed by atoms with Crippen LogP contribution in [0.25, 0.3) is 61.0 Å². The van der Waals surface area contributed by atoms with Crippen molar-refractivity contribution in [2.75, 3.05) is 0 Å². The Morgan fingerprint density at radius 3 is 1.80 bits per heavy atom. The van der Waals surface area contributed by atoms with Crippen LogP contribution >= 0.6 is 0 Å². The van der Waals surface area contributed by atoms with E-state index in [1.54, 1.807) is 0 Å². The fourth-order valence-corrected chi connectivity index (χ4v) is 5.56. The van der Waals surface area contributed by atoms with Crippen molar-refractivity contribution in [1.29, 1.82) is 0 Å². The van der Waals surface area contributed by atoms with E-state index >= 15 is 0 Å². The molecule has 164 valence electrons. The van der Waals surface area contributed by atoms with Crippen LogP contribution in [0, 0.1) is 0 Å². The predicted octanol–water partition coefficient (Wildman–Crippen LogP) is 7.53. The van der Waals surface area contributed by atoms with Crippen molar-refractivity contribution in [2.45, 2.75) is 0 Å². The molecular formula is C31H20N4. The van der Waals surface area contributed by atoms with Crippen LogP contribution in [0.4, 0.5) is 0 Å². The standard InChI is InChI=1S/C31H20N4/c1-2-10-21(11-3-1)34-29-19-18-22(20-30(29)35-28-17-9-6-14-25(28)32-31(34)35)33-26-15-7-4-12-23(26)24-13-5-8-16-27(24)33/h1-20H. The maximum Gasteiger partial charge on any atom is 0.220 e. The molecule has 8 aromatic rings. The number of aromatic nitrogens is 4. The Bertz CT molecular complexity index is 2000. The second-order valence-corrected chi connectivity index (χ2v) is 8.95. The molecule has 0 aliphatic carbocycles. The van der Waals surface area contributed by atoms with Crippen LogP contribution in [-0.4, -0.2) is 18.5 Å². The van der Waals surface area contributed by atoms with Crippen LogP contribution in [0.5, 0.6) is 0 Å². The maximum absolute atomic E-state index is 5.04. The van der Waals surface area contributed by atoms with Gasteiger partial charge in [-0.1, -0.05) is 66.7 Å². The molecule has 0 spiro atoms. The first-order valence-electron chi connectivity index (χ1n) is 11.8. The minimum absolute atomic E-state index is 0.923. The topological polar surface area (TPSA) is 27.2 Å². The van der Waals surface area contributed by atoms with Crippen LogP contribution in [0.1, 0.15) is 0 Å². The molecule has 0 N–H and O–H groups in total. The first kappa shape index (κ1) is 18.6. The molecule has 3 heterocycles. The molecule has 0 fully saturated rings. The van der Waals surface area contributed by atoms with Crippen molar-refractivity contribution in [3.8, 4) is 11.4 Å². The highest BCUT2D eigenvalue weighted by atomic mass is 15.2. The van der Waals surface area contributed by atoms with Crippen molar-refractivity contribution >= 4 is 49.7 Å². The van der Waals surface area contributed by atoms with Gasteiger partial charge in [0.15, 0.2) is 0 Å². The quantitative estimate of drug-likeness (QED) is 0.269. The summed E-state index contributed by atoms with van der Waals surface area (Å²) in [5.41, 5.74) is 9.04. The Hall–Kier alpha value is -4.83. The number of imidazole rings is 2. The van der Waals surface area contributed by atoms with Crippen LogP contribution in [0.2, 0.25) is 0 Å². The SMILES string of the molecule is c1ccc(-n2c3ccc(-n4c5ccccc5c5ccccc54)cc3n3c4ccccc4nc23)cc1. The molecule has 0 saturated carbocycles. The highest BCUT2D eigenvalue weighted by Crippen LogP contribution is 2.35. The molecule has 0 unspecified atom stereocenters. The molecule has 35 heavy (non-hydrogen) atoms. The molecule has 0 radical (unpaired) electrons. The predicted molar refractivity (Wildman–Crippen MR) is 144 cm³/mol. The van der Waals surface area contributed by atoms with E-state index in [0.29, 0.717) is 0 Å². The second kappa shape index (κ2) is 6.84. The lowest BCUT2D eigenvalue weighted by molar-refractivity contribution is 1.11. The zero-order chi connectivity index (χ0) is 22.9. The summed E-state index contributed by atoms with van der Waals surface area (Å²) in [6.45, 7) is 0. The second-order valence-electron chi connectivity index (χ2n) is 8.95. The number of para-hydroxylation sites is 5. The molecule has 0 aliphatic heterocycles. The molecule has 0 aliphatic rings. The number of hydrogen-bond donors (Lipinski definition) is 0. The van der Waals surface area contributed by atoms with Gasteiger partial charge in [0.05, 0.1) is 33.1 Å². The Morgan fingerprint density at radius 1 is 0.429 bits per heavy atom. The van der Waals surface area contributed by atoms with Gasteiger partial charge in [-0.2, -0.15) is 0 Å². The molecule has 0 amide bonds. The van der Waals surface area contributed by atoms with Gasteiger partial charge in [-0.3, -0.25) is 8.97 Å². The van der Waals surface area contributed by atoms with E-state index in [9.17, 15) is 0 Å². The van der Waals surface area contributed by atoms with Crippen molar-refractivity contribution in [2.24, 2.45) is 0 Å². The largest absolute Gasteiger partial charge is 0.309 e. The summed E-state index contributed by atoms with van der Waals surface area (Å²) in [4.78, 5) is 5.04. The van der Waals surface area contributed by atoms with Crippen molar-refractivity contribution < 1.29 is 0 Å². The van der Waals surface area contributed by atoms with Gasteiger partial charge in [0.2, 0.25) is 5.78 Å². The summed E-state index contributed by atoms with van der Waals surface area (Å²) in [6.07, 6.45) is 0. The number of hydrogen-bond acceptors (Lipinski definition) is 1. The number of nitrogens with zero attached hydrogens (tertiary/aromatic N) is 4. The summed E-state index contributed by atoms with van der Waals surface area (Å²) in [5.74, 6) is 0.923. The van der Waals surface area contributed by atoms with Crippen LogP contribution in [0.15, 0.2) is 121 Å². The zero-order valence-electron chi connectivity index (χ0n) is 18.8. The highest BCUT2D eigenvalue weighted by molar-refractivity contribution is 6.09. The van der Waals surface area contributed by atoms with Gasteiger partial charge in [-0.25, -0.2) is 4.98 Å². The number of fused-ring (bicyclic) bond motifs is 8. The third-order valence-corrected chi connectivity index (χ3v) is 7.04. The van der Waals surface area contributed by atoms with Gasteiger partial charge in [0.25, 0.3) is 0 Å². The third kappa shape index (κ3) is 2.48. The van der Waals surface area contributed by atoms with Crippen molar-refractivity contribution in [3.63, 3.8) is 0 Å². The normalized spacial score (nSPS) is 12.0. The molecular weight excluding hydrogens is 428 g/mol. The lowest BCUT2D eigenvalue weighted by Crippen LogP contribution is -1.96. The Balaban J connectivity index is 1.53. The molecule has 0 bridgehead atoms. The third-order valence-electron chi connectivity index (χ3n) is 7.04. The molecule has 0 atom stereocenters. The first-order chi connectivity index (χ1) is 17.4. The van der Waals surface area contributed by atoms with Crippen molar-refractivity contribution in [1.82, 2.24) is 18.5 Å². The maximum atomic E-state index is 5.04. The molecule has 4 nitrogen and oxygen atoms in total. The van der Waals surface area contributed by atoms with E-state index in [1.807, 2.05) is 6.07 Å². The van der Waals surface area contributed by atoms with Crippen LogP contribution in [-0.2, 0) is 0 Å². The van der Waals surface area contributed by atoms with E-state index in [2.05, 4.69) is 129 Å². The molecule has 0 saturated heterocycles. The minimum atomic E-state index is 0.923. The Kier molecular flexibility index (Phi) is 3.63. The average Bonchev–Trinajstić information content (AvgIpc) is 3.55. The summed E-state index contributed by atoms with van der Waals surface area (Å²) in [6, 6.07) is 42.9. The summed E-state index contributed by atoms with van der Waals surface area (Å²) in [5, 5.41) is 2.53. The van der Waals surface area contributed by atoms with Crippen LogP contribution < -0.4 is 0 Å². The molecule has 3 aromatic heterocycles. The first-order valence-corrected chi connectivity index (χ1v) is 11.8. The minimum Gasteiger partial charge on any atom is -0.309 e. The molecule has 4 heteroatoms. The highest BCUT2D eigenvalue weighted by Gasteiger charge is 2.19. The van der Waals surface area contributed by atoms with Gasteiger partial charge in [-0.05, 0) is 54.6 Å². The number of rotatable bonds is 2. The average molecular weight is 449 g/mol. The van der Waals surface area contributed by atoms with Gasteiger partial charge in [0, 0.05) is 22.1 Å². The van der Waals surface area contributed by atoms with E-state index in [0.717, 1.165) is 39.2 Å². The van der Waals surface area contributed by atoms with Gasteiger partial charge < -0.3 is 4.57 Å². The summed E-state index contributed by atoms with van der Waals surface area (Å²) < 4.78 is 6.91. The van der Waals surface area contributed by atoms with E-state index in [1.165, 1.54) is 21.8 Å². The zero-order valence-corrected chi connectivity index (χ0v) is 18.8. The van der Waals surface area contributed by atoms with E-state index < -0.39 is 0 Å². The van der Waals surface area contributed by atoms with Gasteiger partial charge in [-0.15, -0.1) is 0 Å². The fourth-order valence-electron chi connectivity index (χ4n) is 5.56. The monoisotopic (exact) mass is 448 g/mol.